The number of hydrogen-bond acceptors (Lipinski definition) is 6. The summed E-state index contributed by atoms with van der Waals surface area (Å²) in [5.74, 6) is -1.36. The van der Waals surface area contributed by atoms with Gasteiger partial charge in [-0.15, -0.1) is 0 Å². The Kier molecular flexibility index (Phi) is 9.68. The lowest BCUT2D eigenvalue weighted by molar-refractivity contribution is -0.273. The highest BCUT2D eigenvalue weighted by atomic mass is 16.7. The minimum atomic E-state index is -0.911. The normalized spacial score (nSPS) is 23.9. The van der Waals surface area contributed by atoms with Crippen LogP contribution in [0.15, 0.2) is 42.6 Å². The predicted octanol–water partition coefficient (Wildman–Crippen LogP) is 4.58. The molecular formula is C26H35NO7. The van der Waals surface area contributed by atoms with Crippen LogP contribution in [0.2, 0.25) is 0 Å². The van der Waals surface area contributed by atoms with Crippen molar-refractivity contribution >= 4 is 22.8 Å². The van der Waals surface area contributed by atoms with Crippen molar-refractivity contribution in [3.8, 4) is 0 Å². The average Bonchev–Trinajstić information content (AvgIpc) is 3.23. The van der Waals surface area contributed by atoms with Crippen molar-refractivity contribution in [2.45, 2.75) is 89.5 Å². The van der Waals surface area contributed by atoms with Crippen LogP contribution >= 0.6 is 0 Å². The highest BCUT2D eigenvalue weighted by Gasteiger charge is 2.38. The number of para-hydroxylation sites is 1. The van der Waals surface area contributed by atoms with Crippen molar-refractivity contribution in [2.75, 3.05) is 0 Å². The van der Waals surface area contributed by atoms with E-state index in [4.69, 9.17) is 19.3 Å². The molecule has 8 heteroatoms. The molecule has 0 spiro atoms. The largest absolute Gasteiger partial charge is 0.478 e. The molecule has 1 saturated heterocycles. The van der Waals surface area contributed by atoms with E-state index >= 15 is 0 Å². The molecule has 8 nitrogen and oxygen atoms in total. The zero-order valence-corrected chi connectivity index (χ0v) is 19.8. The van der Waals surface area contributed by atoms with Gasteiger partial charge < -0.3 is 29.4 Å². The van der Waals surface area contributed by atoms with Gasteiger partial charge in [0.05, 0.1) is 17.8 Å². The SMILES string of the molecule is C[C@H](CCCCCC/C=C/C(=O)O)O[C@@H]1O[C@@H](C)[C@H](OC(=O)c2c[nH]c3ccccc23)C[C@H]1O. The molecule has 0 saturated carbocycles. The summed E-state index contributed by atoms with van der Waals surface area (Å²) in [4.78, 5) is 26.2. The lowest BCUT2D eigenvalue weighted by Crippen LogP contribution is -2.49. The van der Waals surface area contributed by atoms with Crippen LogP contribution in [0.5, 0.6) is 0 Å². The van der Waals surface area contributed by atoms with Crippen LogP contribution in [0.4, 0.5) is 0 Å². The standard InChI is InChI=1S/C26H35NO7/c1-17(11-7-5-3-4-6-8-14-24(29)30)32-26-22(28)15-23(18(2)33-26)34-25(31)20-16-27-21-13-10-9-12-19(20)21/h8-10,12-14,16-18,22-23,26-28H,3-7,11,15H2,1-2H3,(H,29,30)/b14-8+/t17-,18+,22-,23-,26-/m1/s1. The summed E-state index contributed by atoms with van der Waals surface area (Å²) in [6, 6.07) is 7.52. The van der Waals surface area contributed by atoms with Crippen LogP contribution in [-0.2, 0) is 19.0 Å². The Hall–Kier alpha value is -2.68. The molecule has 3 N–H and O–H groups in total. The molecule has 3 rings (SSSR count). The van der Waals surface area contributed by atoms with Gasteiger partial charge in [-0.25, -0.2) is 9.59 Å². The van der Waals surface area contributed by atoms with Crippen LogP contribution in [0, 0.1) is 0 Å². The molecule has 1 aliphatic heterocycles. The van der Waals surface area contributed by atoms with E-state index < -0.39 is 36.5 Å². The first-order valence-electron chi connectivity index (χ1n) is 12.0. The molecule has 34 heavy (non-hydrogen) atoms. The first-order chi connectivity index (χ1) is 16.3. The second kappa shape index (κ2) is 12.7. The Balaban J connectivity index is 1.38. The minimum Gasteiger partial charge on any atom is -0.478 e. The number of carbonyl (C=O) groups is 2. The third-order valence-corrected chi connectivity index (χ3v) is 6.09. The van der Waals surface area contributed by atoms with Crippen molar-refractivity contribution in [2.24, 2.45) is 0 Å². The minimum absolute atomic E-state index is 0.0796. The summed E-state index contributed by atoms with van der Waals surface area (Å²) in [5.41, 5.74) is 1.32. The lowest BCUT2D eigenvalue weighted by atomic mass is 10.0. The van der Waals surface area contributed by atoms with Gasteiger partial charge >= 0.3 is 11.9 Å². The smallest absolute Gasteiger partial charge is 0.340 e. The number of aliphatic hydroxyl groups excluding tert-OH is 1. The maximum absolute atomic E-state index is 12.7. The summed E-state index contributed by atoms with van der Waals surface area (Å²) in [6.07, 6.45) is 7.65. The van der Waals surface area contributed by atoms with Crippen molar-refractivity contribution in [3.05, 3.63) is 48.2 Å². The maximum Gasteiger partial charge on any atom is 0.340 e. The summed E-state index contributed by atoms with van der Waals surface area (Å²) < 4.78 is 17.5. The van der Waals surface area contributed by atoms with E-state index in [1.54, 1.807) is 12.3 Å². The van der Waals surface area contributed by atoms with E-state index in [-0.39, 0.29) is 12.5 Å². The molecule has 1 aliphatic rings. The predicted molar refractivity (Wildman–Crippen MR) is 127 cm³/mol. The molecule has 0 unspecified atom stereocenters. The Morgan fingerprint density at radius 3 is 2.79 bits per heavy atom. The molecule has 0 amide bonds. The molecule has 2 heterocycles. The van der Waals surface area contributed by atoms with Gasteiger partial charge in [0.2, 0.25) is 0 Å². The molecule has 1 aromatic heterocycles. The highest BCUT2D eigenvalue weighted by Crippen LogP contribution is 2.27. The Labute approximate surface area is 199 Å². The third kappa shape index (κ3) is 7.41. The fourth-order valence-electron chi connectivity index (χ4n) is 4.17. The summed E-state index contributed by atoms with van der Waals surface area (Å²) in [7, 11) is 0. The summed E-state index contributed by atoms with van der Waals surface area (Å²) >= 11 is 0. The fourth-order valence-corrected chi connectivity index (χ4v) is 4.17. The Morgan fingerprint density at radius 1 is 1.24 bits per heavy atom. The van der Waals surface area contributed by atoms with E-state index in [1.165, 1.54) is 6.08 Å². The second-order valence-electron chi connectivity index (χ2n) is 8.88. The summed E-state index contributed by atoms with van der Waals surface area (Å²) in [6.45, 7) is 3.78. The van der Waals surface area contributed by atoms with Crippen LogP contribution in [0.25, 0.3) is 10.9 Å². The van der Waals surface area contributed by atoms with E-state index in [9.17, 15) is 14.7 Å². The number of nitrogens with one attached hydrogen (secondary N) is 1. The third-order valence-electron chi connectivity index (χ3n) is 6.09. The number of aliphatic carboxylic acids is 1. The number of fused-ring (bicyclic) bond motifs is 1. The van der Waals surface area contributed by atoms with Crippen molar-refractivity contribution in [1.29, 1.82) is 0 Å². The van der Waals surface area contributed by atoms with E-state index in [0.29, 0.717) is 5.56 Å². The highest BCUT2D eigenvalue weighted by molar-refractivity contribution is 6.04. The number of carbonyl (C=O) groups excluding carboxylic acids is 1. The lowest BCUT2D eigenvalue weighted by Gasteiger charge is -2.38. The molecule has 0 radical (unpaired) electrons. The van der Waals surface area contributed by atoms with Gasteiger partial charge in [-0.05, 0) is 39.2 Å². The van der Waals surface area contributed by atoms with E-state index in [2.05, 4.69) is 4.98 Å². The van der Waals surface area contributed by atoms with Gasteiger partial charge in [0.25, 0.3) is 0 Å². The second-order valence-corrected chi connectivity index (χ2v) is 8.88. The number of allylic oxidation sites excluding steroid dienone is 1. The van der Waals surface area contributed by atoms with Gasteiger partial charge in [0, 0.05) is 29.6 Å². The molecule has 2 aromatic rings. The number of unbranched alkanes of at least 4 members (excludes halogenated alkanes) is 4. The number of ether oxygens (including phenoxy) is 3. The molecule has 1 aromatic carbocycles. The molecule has 5 atom stereocenters. The van der Waals surface area contributed by atoms with Crippen LogP contribution in [0.1, 0.15) is 69.2 Å². The van der Waals surface area contributed by atoms with Crippen molar-refractivity contribution < 1.29 is 34.0 Å². The molecule has 1 fully saturated rings. The van der Waals surface area contributed by atoms with Crippen LogP contribution in [0.3, 0.4) is 0 Å². The first kappa shape index (κ1) is 25.9. The zero-order chi connectivity index (χ0) is 24.5. The van der Waals surface area contributed by atoms with Crippen LogP contribution < -0.4 is 0 Å². The monoisotopic (exact) mass is 473 g/mol. The van der Waals surface area contributed by atoms with Gasteiger partial charge in [0.1, 0.15) is 12.2 Å². The quantitative estimate of drug-likeness (QED) is 0.235. The number of carboxylic acids is 1. The number of esters is 1. The number of aromatic nitrogens is 1. The number of aliphatic hydroxyl groups is 1. The summed E-state index contributed by atoms with van der Waals surface area (Å²) in [5, 5.41) is 19.9. The van der Waals surface area contributed by atoms with Crippen LogP contribution in [-0.4, -0.2) is 57.8 Å². The van der Waals surface area contributed by atoms with Gasteiger partial charge in [0.15, 0.2) is 6.29 Å². The van der Waals surface area contributed by atoms with Gasteiger partial charge in [-0.3, -0.25) is 0 Å². The molecular weight excluding hydrogens is 438 g/mol. The molecule has 186 valence electrons. The number of hydrogen-bond donors (Lipinski definition) is 3. The fraction of sp³-hybridized carbons (Fsp3) is 0.538. The number of rotatable bonds is 12. The van der Waals surface area contributed by atoms with Gasteiger partial charge in [-0.2, -0.15) is 0 Å². The number of aromatic amines is 1. The topological polar surface area (TPSA) is 118 Å². The molecule has 0 aliphatic carbocycles. The van der Waals surface area contributed by atoms with Crippen molar-refractivity contribution in [3.63, 3.8) is 0 Å². The average molecular weight is 474 g/mol. The maximum atomic E-state index is 12.7. The molecule has 0 bridgehead atoms. The van der Waals surface area contributed by atoms with Gasteiger partial charge in [-0.1, -0.05) is 43.5 Å². The Bertz CT molecular complexity index is 969. The number of H-pyrrole nitrogens is 1. The Morgan fingerprint density at radius 2 is 2.00 bits per heavy atom. The first-order valence-corrected chi connectivity index (χ1v) is 12.0. The zero-order valence-electron chi connectivity index (χ0n) is 19.8. The van der Waals surface area contributed by atoms with E-state index in [0.717, 1.165) is 49.4 Å². The van der Waals surface area contributed by atoms with E-state index in [1.807, 2.05) is 38.1 Å². The number of carboxylic acid groups (broad SMARTS) is 1. The number of benzene rings is 1. The van der Waals surface area contributed by atoms with Crippen molar-refractivity contribution in [1.82, 2.24) is 4.98 Å².